The quantitative estimate of drug-likeness (QED) is 0.540. The van der Waals surface area contributed by atoms with Gasteiger partial charge in [-0.25, -0.2) is 8.42 Å². The SMILES string of the molecule is COc1ccc2[nH]c3c(c2c1)CCN(C(=O)CS(C)(=O)=O)C31CCN(CCOc2ccccc2)C1. The number of hydrogen-bond donors (Lipinski definition) is 1. The summed E-state index contributed by atoms with van der Waals surface area (Å²) in [5.74, 6) is 0.803. The van der Waals surface area contributed by atoms with E-state index in [9.17, 15) is 13.2 Å². The molecular formula is C26H31N3O5S. The smallest absolute Gasteiger partial charge is 0.238 e. The van der Waals surface area contributed by atoms with Crippen LogP contribution in [0, 0.1) is 0 Å². The molecule has 3 heterocycles. The van der Waals surface area contributed by atoms with E-state index in [2.05, 4.69) is 9.88 Å². The Morgan fingerprint density at radius 3 is 2.66 bits per heavy atom. The summed E-state index contributed by atoms with van der Waals surface area (Å²) >= 11 is 0. The van der Waals surface area contributed by atoms with Crippen molar-refractivity contribution in [3.8, 4) is 11.5 Å². The van der Waals surface area contributed by atoms with Crippen LogP contribution in [0.15, 0.2) is 48.5 Å². The Morgan fingerprint density at radius 1 is 1.11 bits per heavy atom. The van der Waals surface area contributed by atoms with Crippen molar-refractivity contribution in [2.24, 2.45) is 0 Å². The number of nitrogens with one attached hydrogen (secondary N) is 1. The average molecular weight is 498 g/mol. The lowest BCUT2D eigenvalue weighted by atomic mass is 9.83. The summed E-state index contributed by atoms with van der Waals surface area (Å²) in [5, 5.41) is 1.10. The summed E-state index contributed by atoms with van der Waals surface area (Å²) in [6.45, 7) is 3.15. The van der Waals surface area contributed by atoms with Gasteiger partial charge in [0.1, 0.15) is 23.9 Å². The van der Waals surface area contributed by atoms with Crippen LogP contribution in [-0.4, -0.2) is 81.0 Å². The maximum absolute atomic E-state index is 13.3. The maximum atomic E-state index is 13.3. The normalized spacial score (nSPS) is 20.3. The molecule has 2 aliphatic heterocycles. The van der Waals surface area contributed by atoms with E-state index in [0.29, 0.717) is 32.7 Å². The van der Waals surface area contributed by atoms with Crippen LogP contribution in [0.4, 0.5) is 0 Å². The molecule has 0 radical (unpaired) electrons. The fourth-order valence-electron chi connectivity index (χ4n) is 5.54. The number of H-pyrrole nitrogens is 1. The van der Waals surface area contributed by atoms with E-state index < -0.39 is 21.1 Å². The Kier molecular flexibility index (Phi) is 6.23. The van der Waals surface area contributed by atoms with Gasteiger partial charge >= 0.3 is 0 Å². The number of hydrogen-bond acceptors (Lipinski definition) is 6. The van der Waals surface area contributed by atoms with Gasteiger partial charge in [-0.2, -0.15) is 0 Å². The van der Waals surface area contributed by atoms with Gasteiger partial charge in [-0.1, -0.05) is 18.2 Å². The topological polar surface area (TPSA) is 91.9 Å². The Balaban J connectivity index is 1.45. The van der Waals surface area contributed by atoms with Gasteiger partial charge in [0.15, 0.2) is 9.84 Å². The number of para-hydroxylation sites is 1. The number of rotatable bonds is 7. The first-order valence-corrected chi connectivity index (χ1v) is 13.9. The molecule has 2 aliphatic rings. The number of carbonyl (C=O) groups excluding carboxylic acids is 1. The molecule has 3 aromatic rings. The Labute approximate surface area is 205 Å². The van der Waals surface area contributed by atoms with Crippen LogP contribution >= 0.6 is 0 Å². The van der Waals surface area contributed by atoms with Crippen LogP contribution in [0.25, 0.3) is 10.9 Å². The van der Waals surface area contributed by atoms with Crippen LogP contribution in [0.5, 0.6) is 11.5 Å². The van der Waals surface area contributed by atoms with E-state index in [1.165, 1.54) is 5.56 Å². The molecule has 8 nitrogen and oxygen atoms in total. The van der Waals surface area contributed by atoms with Crippen LogP contribution < -0.4 is 9.47 Å². The molecule has 1 saturated heterocycles. The predicted octanol–water partition coefficient (Wildman–Crippen LogP) is 2.59. The average Bonchev–Trinajstić information content (AvgIpc) is 3.41. The standard InChI is InChI=1S/C26H31N3O5S/c1-33-20-8-9-23-22(16-20)21-10-12-29(24(30)17-35(2,31)32)26(25(21)27-23)11-13-28(18-26)14-15-34-19-6-4-3-5-7-19/h3-9,16,27H,10-15,17-18H2,1-2H3. The van der Waals surface area contributed by atoms with E-state index in [0.717, 1.165) is 47.3 Å². The van der Waals surface area contributed by atoms with Crippen LogP contribution in [0.2, 0.25) is 0 Å². The molecule has 1 N–H and O–H groups in total. The number of benzene rings is 2. The number of aromatic nitrogens is 1. The van der Waals surface area contributed by atoms with Crippen molar-refractivity contribution < 1.29 is 22.7 Å². The molecule has 35 heavy (non-hydrogen) atoms. The number of sulfone groups is 1. The first kappa shape index (κ1) is 23.7. The summed E-state index contributed by atoms with van der Waals surface area (Å²) in [5.41, 5.74) is 2.59. The van der Waals surface area contributed by atoms with Gasteiger partial charge in [-0.15, -0.1) is 0 Å². The molecule has 1 aromatic heterocycles. The number of ether oxygens (including phenoxy) is 2. The van der Waals surface area contributed by atoms with Crippen molar-refractivity contribution in [2.75, 3.05) is 51.9 Å². The van der Waals surface area contributed by atoms with Gasteiger partial charge in [0, 0.05) is 49.0 Å². The highest BCUT2D eigenvalue weighted by molar-refractivity contribution is 7.91. The second kappa shape index (κ2) is 9.20. The van der Waals surface area contributed by atoms with E-state index in [1.807, 2.05) is 48.5 Å². The van der Waals surface area contributed by atoms with Crippen LogP contribution in [-0.2, 0) is 26.6 Å². The first-order chi connectivity index (χ1) is 16.8. The third-order valence-corrected chi connectivity index (χ3v) is 7.89. The minimum Gasteiger partial charge on any atom is -0.497 e. The molecule has 9 heteroatoms. The minimum atomic E-state index is -3.44. The number of aromatic amines is 1. The summed E-state index contributed by atoms with van der Waals surface area (Å²) in [7, 11) is -1.79. The third-order valence-electron chi connectivity index (χ3n) is 7.11. The molecule has 0 saturated carbocycles. The second-order valence-electron chi connectivity index (χ2n) is 9.47. The number of likely N-dealkylation sites (tertiary alicyclic amines) is 1. The Hall–Kier alpha value is -3.04. The molecule has 1 atom stereocenters. The fourth-order valence-corrected chi connectivity index (χ4v) is 6.15. The molecule has 2 aromatic carbocycles. The van der Waals surface area contributed by atoms with Gasteiger partial charge in [0.05, 0.1) is 12.6 Å². The molecule has 5 rings (SSSR count). The molecule has 0 aliphatic carbocycles. The number of amides is 1. The van der Waals surface area contributed by atoms with E-state index in [1.54, 1.807) is 12.0 Å². The van der Waals surface area contributed by atoms with Gasteiger partial charge in [0.2, 0.25) is 5.91 Å². The predicted molar refractivity (Wildman–Crippen MR) is 135 cm³/mol. The number of methoxy groups -OCH3 is 1. The fraction of sp³-hybridized carbons (Fsp3) is 0.423. The highest BCUT2D eigenvalue weighted by Gasteiger charge is 2.51. The molecule has 1 amide bonds. The third kappa shape index (κ3) is 4.62. The summed E-state index contributed by atoms with van der Waals surface area (Å²) in [6.07, 6.45) is 2.51. The van der Waals surface area contributed by atoms with Crippen molar-refractivity contribution >= 4 is 26.6 Å². The Bertz CT molecular complexity index is 1340. The van der Waals surface area contributed by atoms with Gasteiger partial charge < -0.3 is 19.4 Å². The molecule has 0 bridgehead atoms. The number of nitrogens with zero attached hydrogens (tertiary/aromatic N) is 2. The van der Waals surface area contributed by atoms with Crippen molar-refractivity contribution in [1.29, 1.82) is 0 Å². The highest BCUT2D eigenvalue weighted by atomic mass is 32.2. The van der Waals surface area contributed by atoms with Gasteiger partial charge in [-0.05, 0) is 48.7 Å². The Morgan fingerprint density at radius 2 is 1.91 bits per heavy atom. The summed E-state index contributed by atoms with van der Waals surface area (Å²) < 4.78 is 35.3. The molecule has 1 unspecified atom stereocenters. The lowest BCUT2D eigenvalue weighted by Gasteiger charge is -2.45. The van der Waals surface area contributed by atoms with Crippen LogP contribution in [0.3, 0.4) is 0 Å². The van der Waals surface area contributed by atoms with Crippen molar-refractivity contribution in [1.82, 2.24) is 14.8 Å². The number of carbonyl (C=O) groups is 1. The largest absolute Gasteiger partial charge is 0.497 e. The van der Waals surface area contributed by atoms with Gasteiger partial charge in [-0.3, -0.25) is 9.69 Å². The maximum Gasteiger partial charge on any atom is 0.238 e. The van der Waals surface area contributed by atoms with Gasteiger partial charge in [0.25, 0.3) is 0 Å². The zero-order chi connectivity index (χ0) is 24.6. The van der Waals surface area contributed by atoms with E-state index >= 15 is 0 Å². The summed E-state index contributed by atoms with van der Waals surface area (Å²) in [6, 6.07) is 15.7. The minimum absolute atomic E-state index is 0.336. The zero-order valence-electron chi connectivity index (χ0n) is 20.1. The summed E-state index contributed by atoms with van der Waals surface area (Å²) in [4.78, 5) is 21.0. The first-order valence-electron chi connectivity index (χ1n) is 11.9. The monoisotopic (exact) mass is 497 g/mol. The second-order valence-corrected chi connectivity index (χ2v) is 11.6. The molecule has 1 fully saturated rings. The van der Waals surface area contributed by atoms with E-state index in [4.69, 9.17) is 9.47 Å². The van der Waals surface area contributed by atoms with Crippen molar-refractivity contribution in [2.45, 2.75) is 18.4 Å². The zero-order valence-corrected chi connectivity index (χ0v) is 20.9. The molecule has 186 valence electrons. The molecular weight excluding hydrogens is 466 g/mol. The van der Waals surface area contributed by atoms with Crippen molar-refractivity contribution in [3.05, 3.63) is 59.8 Å². The number of fused-ring (bicyclic) bond motifs is 4. The van der Waals surface area contributed by atoms with Crippen LogP contribution in [0.1, 0.15) is 17.7 Å². The lowest BCUT2D eigenvalue weighted by Crippen LogP contribution is -2.56. The highest BCUT2D eigenvalue weighted by Crippen LogP contribution is 2.45. The van der Waals surface area contributed by atoms with E-state index in [-0.39, 0.29) is 5.91 Å². The van der Waals surface area contributed by atoms with Crippen molar-refractivity contribution in [3.63, 3.8) is 0 Å². The molecule has 1 spiro atoms. The lowest BCUT2D eigenvalue weighted by molar-refractivity contribution is -0.135.